The molecule has 0 spiro atoms. The number of nitrogens with zero attached hydrogens (tertiary/aromatic N) is 1. The first kappa shape index (κ1) is 26.6. The Labute approximate surface area is 228 Å². The fourth-order valence-corrected chi connectivity index (χ4v) is 4.78. The van der Waals surface area contributed by atoms with Gasteiger partial charge in [0.25, 0.3) is 17.1 Å². The second kappa shape index (κ2) is 11.7. The molecule has 0 saturated carbocycles. The molecule has 4 rings (SSSR count). The molecule has 190 valence electrons. The Bertz CT molecular complexity index is 1390. The van der Waals surface area contributed by atoms with Crippen molar-refractivity contribution in [2.24, 2.45) is 0 Å². The van der Waals surface area contributed by atoms with Gasteiger partial charge in [-0.1, -0.05) is 53.0 Å². The van der Waals surface area contributed by atoms with Crippen molar-refractivity contribution in [2.75, 3.05) is 19.0 Å². The third-order valence-electron chi connectivity index (χ3n) is 5.40. The number of aryl methyl sites for hydroxylation is 1. The number of imide groups is 1. The van der Waals surface area contributed by atoms with Crippen molar-refractivity contribution < 1.29 is 23.9 Å². The maximum Gasteiger partial charge on any atom is 0.293 e. The molecule has 3 aromatic carbocycles. The average Bonchev–Trinajstić information content (AvgIpc) is 3.13. The standard InChI is InChI=1S/C27H22Cl2N2O5S/c1-16-3-8-20(9-4-16)30-25(32)15-36-22-10-5-17(11-23(22)35-2)12-24-26(33)31(27(34)37-24)14-18-6-7-19(28)13-21(18)29/h3-13H,14-15H2,1-2H3,(H,30,32)/b24-12-. The number of thioether (sulfide) groups is 1. The fraction of sp³-hybridized carbons (Fsp3) is 0.148. The number of carbonyl (C=O) groups is 3. The Morgan fingerprint density at radius 1 is 1.03 bits per heavy atom. The summed E-state index contributed by atoms with van der Waals surface area (Å²) in [6, 6.07) is 17.3. The summed E-state index contributed by atoms with van der Waals surface area (Å²) in [7, 11) is 1.47. The predicted molar refractivity (Wildman–Crippen MR) is 146 cm³/mol. The number of nitrogens with one attached hydrogen (secondary N) is 1. The van der Waals surface area contributed by atoms with E-state index in [9.17, 15) is 14.4 Å². The van der Waals surface area contributed by atoms with Gasteiger partial charge in [0.15, 0.2) is 18.1 Å². The third-order valence-corrected chi connectivity index (χ3v) is 6.89. The van der Waals surface area contributed by atoms with Crippen LogP contribution >= 0.6 is 35.0 Å². The van der Waals surface area contributed by atoms with Crippen molar-refractivity contribution in [1.82, 2.24) is 4.90 Å². The van der Waals surface area contributed by atoms with E-state index in [0.717, 1.165) is 22.2 Å². The molecule has 0 atom stereocenters. The van der Waals surface area contributed by atoms with E-state index in [4.69, 9.17) is 32.7 Å². The number of hydrogen-bond donors (Lipinski definition) is 1. The summed E-state index contributed by atoms with van der Waals surface area (Å²) < 4.78 is 11.0. The smallest absolute Gasteiger partial charge is 0.293 e. The maximum atomic E-state index is 12.9. The van der Waals surface area contributed by atoms with Crippen LogP contribution in [0.1, 0.15) is 16.7 Å². The first-order valence-electron chi connectivity index (χ1n) is 11.1. The molecule has 3 amide bonds. The number of rotatable bonds is 8. The Balaban J connectivity index is 1.42. The van der Waals surface area contributed by atoms with Crippen molar-refractivity contribution in [1.29, 1.82) is 0 Å². The Morgan fingerprint density at radius 3 is 2.49 bits per heavy atom. The Kier molecular flexibility index (Phi) is 8.43. The summed E-state index contributed by atoms with van der Waals surface area (Å²) in [5, 5.41) is 3.22. The van der Waals surface area contributed by atoms with E-state index < -0.39 is 11.1 Å². The lowest BCUT2D eigenvalue weighted by Crippen LogP contribution is -2.27. The number of carbonyl (C=O) groups excluding carboxylic acids is 3. The molecule has 0 radical (unpaired) electrons. The molecule has 0 aromatic heterocycles. The quantitative estimate of drug-likeness (QED) is 0.316. The summed E-state index contributed by atoms with van der Waals surface area (Å²) in [6.07, 6.45) is 1.60. The van der Waals surface area contributed by atoms with Crippen LogP contribution < -0.4 is 14.8 Å². The lowest BCUT2D eigenvalue weighted by molar-refractivity contribution is -0.123. The summed E-state index contributed by atoms with van der Waals surface area (Å²) >= 11 is 13.0. The minimum absolute atomic E-state index is 0.0404. The van der Waals surface area contributed by atoms with Gasteiger partial charge in [-0.15, -0.1) is 0 Å². The van der Waals surface area contributed by atoms with Gasteiger partial charge in [0.05, 0.1) is 18.6 Å². The second-order valence-corrected chi connectivity index (χ2v) is 9.95. The molecule has 1 fully saturated rings. The number of amides is 3. The first-order valence-corrected chi connectivity index (χ1v) is 12.7. The molecule has 0 aliphatic carbocycles. The zero-order valence-electron chi connectivity index (χ0n) is 19.9. The maximum absolute atomic E-state index is 12.9. The van der Waals surface area contributed by atoms with Crippen LogP contribution in [0.2, 0.25) is 10.0 Å². The van der Waals surface area contributed by atoms with Gasteiger partial charge in [-0.3, -0.25) is 19.3 Å². The topological polar surface area (TPSA) is 84.9 Å². The van der Waals surface area contributed by atoms with Crippen LogP contribution in [0.25, 0.3) is 6.08 Å². The Hall–Kier alpha value is -3.46. The van der Waals surface area contributed by atoms with Crippen LogP contribution in [0.5, 0.6) is 11.5 Å². The zero-order chi connectivity index (χ0) is 26.5. The lowest BCUT2D eigenvalue weighted by Gasteiger charge is -2.13. The number of benzene rings is 3. The molecular formula is C27H22Cl2N2O5S. The third kappa shape index (κ3) is 6.65. The van der Waals surface area contributed by atoms with E-state index >= 15 is 0 Å². The number of ether oxygens (including phenoxy) is 2. The highest BCUT2D eigenvalue weighted by Gasteiger charge is 2.35. The summed E-state index contributed by atoms with van der Waals surface area (Å²) in [6.45, 7) is 1.79. The van der Waals surface area contributed by atoms with Gasteiger partial charge in [-0.2, -0.15) is 0 Å². The highest BCUT2D eigenvalue weighted by molar-refractivity contribution is 8.18. The zero-order valence-corrected chi connectivity index (χ0v) is 22.2. The van der Waals surface area contributed by atoms with E-state index in [-0.39, 0.29) is 24.0 Å². The van der Waals surface area contributed by atoms with E-state index in [0.29, 0.717) is 38.4 Å². The van der Waals surface area contributed by atoms with E-state index in [1.807, 2.05) is 31.2 Å². The van der Waals surface area contributed by atoms with Crippen LogP contribution in [0.4, 0.5) is 10.5 Å². The highest BCUT2D eigenvalue weighted by atomic mass is 35.5. The lowest BCUT2D eigenvalue weighted by atomic mass is 10.1. The van der Waals surface area contributed by atoms with Gasteiger partial charge in [-0.25, -0.2) is 0 Å². The van der Waals surface area contributed by atoms with Gasteiger partial charge in [0.1, 0.15) is 0 Å². The van der Waals surface area contributed by atoms with Crippen molar-refractivity contribution in [3.8, 4) is 11.5 Å². The summed E-state index contributed by atoms with van der Waals surface area (Å²) in [4.78, 5) is 39.1. The summed E-state index contributed by atoms with van der Waals surface area (Å²) in [5.74, 6) is 0.00536. The number of halogens is 2. The van der Waals surface area contributed by atoms with Gasteiger partial charge < -0.3 is 14.8 Å². The number of anilines is 1. The molecule has 1 aliphatic heterocycles. The highest BCUT2D eigenvalue weighted by Crippen LogP contribution is 2.36. The predicted octanol–water partition coefficient (Wildman–Crippen LogP) is 6.56. The molecule has 10 heteroatoms. The minimum atomic E-state index is -0.423. The van der Waals surface area contributed by atoms with Gasteiger partial charge in [-0.05, 0) is 72.3 Å². The second-order valence-electron chi connectivity index (χ2n) is 8.12. The van der Waals surface area contributed by atoms with Crippen LogP contribution in [0, 0.1) is 6.92 Å². The summed E-state index contributed by atoms with van der Waals surface area (Å²) in [5.41, 5.74) is 3.01. The number of hydrogen-bond acceptors (Lipinski definition) is 6. The molecule has 0 unspecified atom stereocenters. The monoisotopic (exact) mass is 556 g/mol. The van der Waals surface area contributed by atoms with Crippen molar-refractivity contribution >= 4 is 63.8 Å². The minimum Gasteiger partial charge on any atom is -0.493 e. The molecule has 1 aliphatic rings. The van der Waals surface area contributed by atoms with Crippen LogP contribution in [0.3, 0.4) is 0 Å². The number of methoxy groups -OCH3 is 1. The average molecular weight is 557 g/mol. The van der Waals surface area contributed by atoms with Crippen molar-refractivity contribution in [3.05, 3.63) is 92.3 Å². The van der Waals surface area contributed by atoms with Crippen LogP contribution in [-0.4, -0.2) is 35.7 Å². The largest absolute Gasteiger partial charge is 0.493 e. The van der Waals surface area contributed by atoms with Gasteiger partial charge >= 0.3 is 0 Å². The molecule has 0 bridgehead atoms. The normalized spacial score (nSPS) is 14.3. The molecule has 1 N–H and O–H groups in total. The van der Waals surface area contributed by atoms with Crippen molar-refractivity contribution in [2.45, 2.75) is 13.5 Å². The molecule has 37 heavy (non-hydrogen) atoms. The van der Waals surface area contributed by atoms with E-state index in [1.165, 1.54) is 7.11 Å². The van der Waals surface area contributed by atoms with E-state index in [1.54, 1.807) is 42.5 Å². The molecule has 1 saturated heterocycles. The molecule has 7 nitrogen and oxygen atoms in total. The molecule has 3 aromatic rings. The van der Waals surface area contributed by atoms with Crippen LogP contribution in [0.15, 0.2) is 65.6 Å². The van der Waals surface area contributed by atoms with Gasteiger partial charge in [0.2, 0.25) is 0 Å². The molecule has 1 heterocycles. The molecular weight excluding hydrogens is 535 g/mol. The van der Waals surface area contributed by atoms with Crippen molar-refractivity contribution in [3.63, 3.8) is 0 Å². The SMILES string of the molecule is COc1cc(/C=C2\SC(=O)N(Cc3ccc(Cl)cc3Cl)C2=O)ccc1OCC(=O)Nc1ccc(C)cc1. The Morgan fingerprint density at radius 2 is 1.78 bits per heavy atom. The fourth-order valence-electron chi connectivity index (χ4n) is 3.48. The van der Waals surface area contributed by atoms with Crippen LogP contribution in [-0.2, 0) is 16.1 Å². The van der Waals surface area contributed by atoms with Gasteiger partial charge in [0, 0.05) is 15.7 Å². The van der Waals surface area contributed by atoms with E-state index in [2.05, 4.69) is 5.32 Å². The first-order chi connectivity index (χ1) is 17.7.